The Balaban J connectivity index is 2.28. The molecule has 1 aliphatic carbocycles. The summed E-state index contributed by atoms with van der Waals surface area (Å²) < 4.78 is 5.93. The average molecular weight is 226 g/mol. The van der Waals surface area contributed by atoms with E-state index in [0.29, 0.717) is 6.42 Å². The summed E-state index contributed by atoms with van der Waals surface area (Å²) in [6.45, 7) is 8.01. The molecule has 0 aromatic rings. The minimum absolute atomic E-state index is 0.0925. The molecule has 3 heteroatoms. The fraction of sp³-hybridized carbons (Fsp3) is 0.846. The van der Waals surface area contributed by atoms with E-state index in [4.69, 9.17) is 4.74 Å². The summed E-state index contributed by atoms with van der Waals surface area (Å²) in [6, 6.07) is 0. The van der Waals surface area contributed by atoms with Crippen LogP contribution in [0.2, 0.25) is 0 Å². The van der Waals surface area contributed by atoms with E-state index in [9.17, 15) is 10.2 Å². The number of hydrogen-bond donors (Lipinski definition) is 2. The normalized spacial score (nSPS) is 47.8. The third-order valence-corrected chi connectivity index (χ3v) is 4.12. The van der Waals surface area contributed by atoms with Crippen molar-refractivity contribution in [3.05, 3.63) is 12.2 Å². The van der Waals surface area contributed by atoms with E-state index >= 15 is 0 Å². The molecule has 0 spiro atoms. The van der Waals surface area contributed by atoms with Gasteiger partial charge < -0.3 is 14.9 Å². The number of ether oxygens (including phenoxy) is 1. The van der Waals surface area contributed by atoms with Crippen LogP contribution >= 0.6 is 0 Å². The van der Waals surface area contributed by atoms with E-state index in [-0.39, 0.29) is 22.7 Å². The zero-order valence-corrected chi connectivity index (χ0v) is 10.5. The van der Waals surface area contributed by atoms with E-state index in [0.717, 1.165) is 6.42 Å². The molecule has 2 fully saturated rings. The lowest BCUT2D eigenvalue weighted by atomic mass is 9.63. The van der Waals surface area contributed by atoms with Gasteiger partial charge in [-0.1, -0.05) is 26.0 Å². The van der Waals surface area contributed by atoms with Crippen molar-refractivity contribution in [1.29, 1.82) is 0 Å². The molecular weight excluding hydrogens is 204 g/mol. The molecule has 1 heterocycles. The molecular formula is C13H22O3. The van der Waals surface area contributed by atoms with Crippen LogP contribution in [0.4, 0.5) is 0 Å². The largest absolute Gasteiger partial charge is 0.393 e. The number of fused-ring (bicyclic) bond motifs is 1. The first-order valence-corrected chi connectivity index (χ1v) is 5.98. The fourth-order valence-electron chi connectivity index (χ4n) is 3.35. The van der Waals surface area contributed by atoms with Crippen LogP contribution in [0.5, 0.6) is 0 Å². The predicted molar refractivity (Wildman–Crippen MR) is 62.1 cm³/mol. The Hall–Kier alpha value is -0.380. The summed E-state index contributed by atoms with van der Waals surface area (Å²) in [5.41, 5.74) is -0.666. The third kappa shape index (κ3) is 1.53. The van der Waals surface area contributed by atoms with Crippen LogP contribution in [0, 0.1) is 5.41 Å². The Morgan fingerprint density at radius 2 is 1.94 bits per heavy atom. The molecule has 2 N–H and O–H groups in total. The lowest BCUT2D eigenvalue weighted by Crippen LogP contribution is -2.46. The summed E-state index contributed by atoms with van der Waals surface area (Å²) in [6.07, 6.45) is 4.46. The SMILES string of the molecule is C[C@@H](O)/C=C/[C@@]12O[C@]1(C)C[C@H](O)CC2(C)C. The standard InChI is InChI=1S/C13H22O3/c1-9(14)5-6-13-11(2,3)7-10(15)8-12(13,4)16-13/h5-6,9-10,14-15H,7-8H2,1-4H3/b6-5+/t9-,10-,12-,13+/m1/s1. The Kier molecular flexibility index (Phi) is 2.50. The molecule has 1 aliphatic heterocycles. The maximum atomic E-state index is 9.85. The van der Waals surface area contributed by atoms with Crippen molar-refractivity contribution in [1.82, 2.24) is 0 Å². The molecule has 16 heavy (non-hydrogen) atoms. The van der Waals surface area contributed by atoms with E-state index in [2.05, 4.69) is 13.8 Å². The van der Waals surface area contributed by atoms with Crippen molar-refractivity contribution in [2.45, 2.75) is 63.9 Å². The minimum Gasteiger partial charge on any atom is -0.393 e. The second-order valence-corrected chi connectivity index (χ2v) is 6.11. The second kappa shape index (κ2) is 3.31. The summed E-state index contributed by atoms with van der Waals surface area (Å²) >= 11 is 0. The Labute approximate surface area is 97.1 Å². The van der Waals surface area contributed by atoms with Gasteiger partial charge in [0.15, 0.2) is 0 Å². The summed E-state index contributed by atoms with van der Waals surface area (Å²) in [5, 5.41) is 19.2. The molecule has 3 nitrogen and oxygen atoms in total. The van der Waals surface area contributed by atoms with Crippen LogP contribution < -0.4 is 0 Å². The van der Waals surface area contributed by atoms with Gasteiger partial charge in [-0.3, -0.25) is 0 Å². The van der Waals surface area contributed by atoms with Crippen LogP contribution in [0.3, 0.4) is 0 Å². The topological polar surface area (TPSA) is 53.0 Å². The first-order valence-electron chi connectivity index (χ1n) is 5.98. The molecule has 92 valence electrons. The quantitative estimate of drug-likeness (QED) is 0.556. The molecule has 2 rings (SSSR count). The molecule has 0 amide bonds. The monoisotopic (exact) mass is 226 g/mol. The molecule has 0 bridgehead atoms. The van der Waals surface area contributed by atoms with Gasteiger partial charge in [-0.15, -0.1) is 0 Å². The van der Waals surface area contributed by atoms with Crippen molar-refractivity contribution < 1.29 is 14.9 Å². The number of aliphatic hydroxyl groups is 2. The van der Waals surface area contributed by atoms with Crippen molar-refractivity contribution in [2.75, 3.05) is 0 Å². The predicted octanol–water partition coefficient (Wildman–Crippen LogP) is 1.63. The van der Waals surface area contributed by atoms with Gasteiger partial charge >= 0.3 is 0 Å². The number of hydrogen-bond acceptors (Lipinski definition) is 3. The first kappa shape index (κ1) is 12.1. The smallest absolute Gasteiger partial charge is 0.121 e. The first-order chi connectivity index (χ1) is 7.22. The Morgan fingerprint density at radius 1 is 1.31 bits per heavy atom. The molecule has 1 saturated heterocycles. The van der Waals surface area contributed by atoms with Gasteiger partial charge in [0.1, 0.15) is 11.2 Å². The molecule has 2 aliphatic rings. The molecule has 1 saturated carbocycles. The third-order valence-electron chi connectivity index (χ3n) is 4.12. The molecule has 0 aromatic carbocycles. The van der Waals surface area contributed by atoms with Gasteiger partial charge in [-0.2, -0.15) is 0 Å². The summed E-state index contributed by atoms with van der Waals surface area (Å²) in [4.78, 5) is 0. The minimum atomic E-state index is -0.453. The molecule has 4 atom stereocenters. The van der Waals surface area contributed by atoms with E-state index < -0.39 is 6.10 Å². The van der Waals surface area contributed by atoms with Crippen molar-refractivity contribution in [3.63, 3.8) is 0 Å². The highest BCUT2D eigenvalue weighted by Gasteiger charge is 2.74. The summed E-state index contributed by atoms with van der Waals surface area (Å²) in [5.74, 6) is 0. The van der Waals surface area contributed by atoms with Gasteiger partial charge in [0, 0.05) is 11.8 Å². The van der Waals surface area contributed by atoms with Crippen LogP contribution in [-0.4, -0.2) is 33.6 Å². The van der Waals surface area contributed by atoms with Gasteiger partial charge in [0.05, 0.1) is 12.2 Å². The van der Waals surface area contributed by atoms with Crippen molar-refractivity contribution in [3.8, 4) is 0 Å². The maximum absolute atomic E-state index is 9.85. The zero-order chi connectivity index (χ0) is 12.2. The van der Waals surface area contributed by atoms with Crippen molar-refractivity contribution >= 4 is 0 Å². The summed E-state index contributed by atoms with van der Waals surface area (Å²) in [7, 11) is 0. The van der Waals surface area contributed by atoms with Crippen LogP contribution in [0.15, 0.2) is 12.2 Å². The number of epoxide rings is 1. The van der Waals surface area contributed by atoms with Crippen LogP contribution in [0.25, 0.3) is 0 Å². The molecule has 0 radical (unpaired) electrons. The fourth-order valence-corrected chi connectivity index (χ4v) is 3.35. The lowest BCUT2D eigenvalue weighted by Gasteiger charge is -2.39. The van der Waals surface area contributed by atoms with Gasteiger partial charge in [0.2, 0.25) is 0 Å². The highest BCUT2D eigenvalue weighted by atomic mass is 16.6. The van der Waals surface area contributed by atoms with Crippen LogP contribution in [-0.2, 0) is 4.74 Å². The van der Waals surface area contributed by atoms with Crippen molar-refractivity contribution in [2.24, 2.45) is 5.41 Å². The van der Waals surface area contributed by atoms with E-state index in [1.165, 1.54) is 0 Å². The van der Waals surface area contributed by atoms with Gasteiger partial charge in [0.25, 0.3) is 0 Å². The van der Waals surface area contributed by atoms with E-state index in [1.54, 1.807) is 13.0 Å². The van der Waals surface area contributed by atoms with Gasteiger partial charge in [-0.25, -0.2) is 0 Å². The van der Waals surface area contributed by atoms with E-state index in [1.807, 2.05) is 13.0 Å². The van der Waals surface area contributed by atoms with Gasteiger partial charge in [-0.05, 0) is 20.3 Å². The highest BCUT2D eigenvalue weighted by molar-refractivity contribution is 5.32. The van der Waals surface area contributed by atoms with Crippen LogP contribution in [0.1, 0.15) is 40.5 Å². The number of rotatable bonds is 2. The lowest BCUT2D eigenvalue weighted by molar-refractivity contribution is 0.0512. The Bertz CT molecular complexity index is 321. The molecule has 0 aromatic heterocycles. The molecule has 0 unspecified atom stereocenters. The highest BCUT2D eigenvalue weighted by Crippen LogP contribution is 2.65. The second-order valence-electron chi connectivity index (χ2n) is 6.11. The maximum Gasteiger partial charge on any atom is 0.121 e. The zero-order valence-electron chi connectivity index (χ0n) is 10.5. The number of aliphatic hydroxyl groups excluding tert-OH is 2. The Morgan fingerprint density at radius 3 is 2.44 bits per heavy atom. The average Bonchev–Trinajstić information content (AvgIpc) is 2.67.